The lowest BCUT2D eigenvalue weighted by Crippen LogP contribution is -2.02. The van der Waals surface area contributed by atoms with Gasteiger partial charge in [0.15, 0.2) is 11.5 Å². The van der Waals surface area contributed by atoms with Gasteiger partial charge < -0.3 is 19.9 Å². The number of nitrogens with zero attached hydrogens (tertiary/aromatic N) is 2. The third-order valence-electron chi connectivity index (χ3n) is 3.54. The van der Waals surface area contributed by atoms with Crippen LogP contribution in [0.1, 0.15) is 17.0 Å². The van der Waals surface area contributed by atoms with Crippen LogP contribution in [0.25, 0.3) is 0 Å². The Morgan fingerprint density at radius 2 is 2.00 bits per heavy atom. The summed E-state index contributed by atoms with van der Waals surface area (Å²) in [5, 5.41) is 17.7. The van der Waals surface area contributed by atoms with Crippen molar-refractivity contribution in [3.05, 3.63) is 29.1 Å². The molecule has 1 aromatic carbocycles. The van der Waals surface area contributed by atoms with Crippen molar-refractivity contribution in [2.75, 3.05) is 12.1 Å². The average molecular weight is 275 g/mol. The largest absolute Gasteiger partial charge is 0.507 e. The normalized spacial score (nSPS) is 12.8. The van der Waals surface area contributed by atoms with Crippen LogP contribution in [0.5, 0.6) is 17.2 Å². The molecule has 0 aliphatic carbocycles. The van der Waals surface area contributed by atoms with E-state index >= 15 is 0 Å². The molecule has 0 saturated heterocycles. The lowest BCUT2D eigenvalue weighted by atomic mass is 10.1. The predicted molar refractivity (Wildman–Crippen MR) is 74.2 cm³/mol. The van der Waals surface area contributed by atoms with Crippen molar-refractivity contribution in [3.63, 3.8) is 0 Å². The van der Waals surface area contributed by atoms with Crippen LogP contribution in [0, 0.1) is 13.8 Å². The van der Waals surface area contributed by atoms with Crippen LogP contribution in [0.15, 0.2) is 12.1 Å². The quantitative estimate of drug-likeness (QED) is 0.897. The summed E-state index contributed by atoms with van der Waals surface area (Å²) in [6.07, 6.45) is 0. The lowest BCUT2D eigenvalue weighted by Gasteiger charge is -2.09. The van der Waals surface area contributed by atoms with Crippen LogP contribution in [-0.2, 0) is 13.6 Å². The standard InChI is InChI=1S/C14H17N3O3/c1-8-14(9(2)17(3)16-8)15-6-10-4-12-13(5-11(10)18)20-7-19-12/h4-5,15,18H,6-7H2,1-3H3. The number of phenolic OH excluding ortho intramolecular Hbond substituents is 1. The van der Waals surface area contributed by atoms with E-state index in [9.17, 15) is 5.11 Å². The van der Waals surface area contributed by atoms with Crippen molar-refractivity contribution in [3.8, 4) is 17.2 Å². The minimum Gasteiger partial charge on any atom is -0.507 e. The van der Waals surface area contributed by atoms with E-state index in [0.717, 1.165) is 22.6 Å². The zero-order valence-electron chi connectivity index (χ0n) is 11.7. The van der Waals surface area contributed by atoms with Gasteiger partial charge in [-0.3, -0.25) is 4.68 Å². The minimum absolute atomic E-state index is 0.195. The number of ether oxygens (including phenoxy) is 2. The molecule has 6 heteroatoms. The number of benzene rings is 1. The Kier molecular flexibility index (Phi) is 2.93. The van der Waals surface area contributed by atoms with Crippen molar-refractivity contribution in [2.24, 2.45) is 7.05 Å². The van der Waals surface area contributed by atoms with E-state index in [1.54, 1.807) is 12.1 Å². The Morgan fingerprint density at radius 3 is 2.65 bits per heavy atom. The fourth-order valence-corrected chi connectivity index (χ4v) is 2.33. The van der Waals surface area contributed by atoms with Gasteiger partial charge in [0, 0.05) is 25.2 Å². The summed E-state index contributed by atoms with van der Waals surface area (Å²) in [6, 6.07) is 3.38. The van der Waals surface area contributed by atoms with E-state index in [-0.39, 0.29) is 12.5 Å². The molecule has 2 N–H and O–H groups in total. The van der Waals surface area contributed by atoms with E-state index in [1.807, 2.05) is 25.6 Å². The molecule has 0 saturated carbocycles. The number of aromatic hydroxyl groups is 1. The van der Waals surface area contributed by atoms with Gasteiger partial charge in [-0.25, -0.2) is 0 Å². The molecule has 2 aromatic rings. The maximum absolute atomic E-state index is 10.0. The van der Waals surface area contributed by atoms with E-state index in [2.05, 4.69) is 10.4 Å². The van der Waals surface area contributed by atoms with Crippen LogP contribution in [0.2, 0.25) is 0 Å². The highest BCUT2D eigenvalue weighted by Gasteiger charge is 2.17. The summed E-state index contributed by atoms with van der Waals surface area (Å²) < 4.78 is 12.4. The number of nitrogens with one attached hydrogen (secondary N) is 1. The zero-order valence-corrected chi connectivity index (χ0v) is 11.7. The summed E-state index contributed by atoms with van der Waals surface area (Å²) in [5.41, 5.74) is 3.74. The summed E-state index contributed by atoms with van der Waals surface area (Å²) in [5.74, 6) is 1.44. The van der Waals surface area contributed by atoms with Crippen LogP contribution < -0.4 is 14.8 Å². The van der Waals surface area contributed by atoms with E-state index in [0.29, 0.717) is 18.0 Å². The number of anilines is 1. The predicted octanol–water partition coefficient (Wildman–Crippen LogP) is 2.08. The van der Waals surface area contributed by atoms with Crippen LogP contribution in [-0.4, -0.2) is 21.7 Å². The van der Waals surface area contributed by atoms with Gasteiger partial charge in [-0.1, -0.05) is 0 Å². The fraction of sp³-hybridized carbons (Fsp3) is 0.357. The zero-order chi connectivity index (χ0) is 14.3. The number of rotatable bonds is 3. The third kappa shape index (κ3) is 2.03. The summed E-state index contributed by atoms with van der Waals surface area (Å²) in [4.78, 5) is 0. The van der Waals surface area contributed by atoms with Gasteiger partial charge in [0.25, 0.3) is 0 Å². The minimum atomic E-state index is 0.195. The molecule has 0 atom stereocenters. The highest BCUT2D eigenvalue weighted by atomic mass is 16.7. The number of aromatic nitrogens is 2. The van der Waals surface area contributed by atoms with Gasteiger partial charge in [-0.2, -0.15) is 5.10 Å². The molecule has 106 valence electrons. The maximum atomic E-state index is 10.0. The molecule has 2 heterocycles. The van der Waals surface area contributed by atoms with Crippen molar-refractivity contribution >= 4 is 5.69 Å². The molecular formula is C14H17N3O3. The van der Waals surface area contributed by atoms with Gasteiger partial charge in [-0.15, -0.1) is 0 Å². The van der Waals surface area contributed by atoms with Gasteiger partial charge in [-0.05, 0) is 19.9 Å². The monoisotopic (exact) mass is 275 g/mol. The lowest BCUT2D eigenvalue weighted by molar-refractivity contribution is 0.174. The van der Waals surface area contributed by atoms with Crippen LogP contribution in [0.4, 0.5) is 5.69 Å². The highest BCUT2D eigenvalue weighted by Crippen LogP contribution is 2.37. The molecule has 0 spiro atoms. The van der Waals surface area contributed by atoms with E-state index in [1.165, 1.54) is 0 Å². The first-order chi connectivity index (χ1) is 9.56. The molecule has 0 amide bonds. The van der Waals surface area contributed by atoms with Crippen molar-refractivity contribution in [1.82, 2.24) is 9.78 Å². The Balaban J connectivity index is 1.82. The molecule has 1 aliphatic rings. The first-order valence-electron chi connectivity index (χ1n) is 6.42. The number of hydrogen-bond donors (Lipinski definition) is 2. The summed E-state index contributed by atoms with van der Waals surface area (Å²) >= 11 is 0. The summed E-state index contributed by atoms with van der Waals surface area (Å²) in [7, 11) is 1.91. The van der Waals surface area contributed by atoms with Gasteiger partial charge in [0.05, 0.1) is 17.1 Å². The smallest absolute Gasteiger partial charge is 0.231 e. The molecule has 0 unspecified atom stereocenters. The number of phenols is 1. The molecule has 1 aromatic heterocycles. The molecule has 0 bridgehead atoms. The second kappa shape index (κ2) is 4.63. The molecule has 0 fully saturated rings. The third-order valence-corrected chi connectivity index (χ3v) is 3.54. The molecular weight excluding hydrogens is 258 g/mol. The number of fused-ring (bicyclic) bond motifs is 1. The number of aryl methyl sites for hydroxylation is 2. The first-order valence-corrected chi connectivity index (χ1v) is 6.42. The van der Waals surface area contributed by atoms with Crippen molar-refractivity contribution in [1.29, 1.82) is 0 Å². The second-order valence-corrected chi connectivity index (χ2v) is 4.86. The SMILES string of the molecule is Cc1nn(C)c(C)c1NCc1cc2c(cc1O)OCO2. The van der Waals surface area contributed by atoms with Crippen molar-refractivity contribution < 1.29 is 14.6 Å². The van der Waals surface area contributed by atoms with Crippen LogP contribution in [0.3, 0.4) is 0 Å². The molecule has 20 heavy (non-hydrogen) atoms. The van der Waals surface area contributed by atoms with Gasteiger partial charge in [0.1, 0.15) is 5.75 Å². The van der Waals surface area contributed by atoms with E-state index in [4.69, 9.17) is 9.47 Å². The Labute approximate surface area is 116 Å². The first kappa shape index (κ1) is 12.7. The Bertz CT molecular complexity index is 664. The van der Waals surface area contributed by atoms with Gasteiger partial charge >= 0.3 is 0 Å². The van der Waals surface area contributed by atoms with Gasteiger partial charge in [0.2, 0.25) is 6.79 Å². The number of hydrogen-bond acceptors (Lipinski definition) is 5. The fourth-order valence-electron chi connectivity index (χ4n) is 2.33. The van der Waals surface area contributed by atoms with E-state index < -0.39 is 0 Å². The summed E-state index contributed by atoms with van der Waals surface area (Å²) in [6.45, 7) is 4.65. The molecule has 6 nitrogen and oxygen atoms in total. The Morgan fingerprint density at radius 1 is 1.30 bits per heavy atom. The van der Waals surface area contributed by atoms with Crippen LogP contribution >= 0.6 is 0 Å². The Hall–Kier alpha value is -2.37. The maximum Gasteiger partial charge on any atom is 0.231 e. The average Bonchev–Trinajstić information content (AvgIpc) is 2.93. The second-order valence-electron chi connectivity index (χ2n) is 4.86. The highest BCUT2D eigenvalue weighted by molar-refractivity contribution is 5.55. The molecule has 3 rings (SSSR count). The van der Waals surface area contributed by atoms with Crippen molar-refractivity contribution in [2.45, 2.75) is 20.4 Å². The molecule has 1 aliphatic heterocycles. The topological polar surface area (TPSA) is 68.5 Å². The molecule has 0 radical (unpaired) electrons.